The summed E-state index contributed by atoms with van der Waals surface area (Å²) >= 11 is 0. The van der Waals surface area contributed by atoms with Crippen molar-refractivity contribution in [3.8, 4) is 0 Å². The first-order valence-electron chi connectivity index (χ1n) is 9.45. The highest BCUT2D eigenvalue weighted by Crippen LogP contribution is 2.21. The van der Waals surface area contributed by atoms with Gasteiger partial charge >= 0.3 is 0 Å². The molecule has 0 bridgehead atoms. The summed E-state index contributed by atoms with van der Waals surface area (Å²) in [6.07, 6.45) is 8.22. The Morgan fingerprint density at radius 1 is 1.30 bits per heavy atom. The number of nitrogens with zero attached hydrogens (tertiary/aromatic N) is 5. The highest BCUT2D eigenvalue weighted by Gasteiger charge is 2.28. The second kappa shape index (κ2) is 7.84. The van der Waals surface area contributed by atoms with E-state index < -0.39 is 0 Å². The van der Waals surface area contributed by atoms with Crippen molar-refractivity contribution >= 4 is 11.6 Å². The predicted molar refractivity (Wildman–Crippen MR) is 102 cm³/mol. The van der Waals surface area contributed by atoms with Gasteiger partial charge in [-0.2, -0.15) is 5.10 Å². The molecule has 0 aromatic carbocycles. The summed E-state index contributed by atoms with van der Waals surface area (Å²) in [4.78, 5) is 24.5. The molecule has 27 heavy (non-hydrogen) atoms. The first kappa shape index (κ1) is 17.6. The molecule has 3 aromatic rings. The van der Waals surface area contributed by atoms with Crippen LogP contribution in [0.1, 0.15) is 41.0 Å². The Morgan fingerprint density at radius 2 is 2.22 bits per heavy atom. The van der Waals surface area contributed by atoms with Crippen LogP contribution in [0.3, 0.4) is 0 Å². The molecule has 140 valence electrons. The lowest BCUT2D eigenvalue weighted by molar-refractivity contribution is 0.0644. The zero-order chi connectivity index (χ0) is 18.6. The lowest BCUT2D eigenvalue weighted by atomic mass is 10.1. The Labute approximate surface area is 158 Å². The summed E-state index contributed by atoms with van der Waals surface area (Å²) in [6, 6.07) is 7.88. The van der Waals surface area contributed by atoms with E-state index in [1.165, 1.54) is 0 Å². The molecule has 1 unspecified atom stereocenters. The predicted octanol–water partition coefficient (Wildman–Crippen LogP) is 2.22. The molecule has 1 N–H and O–H groups in total. The van der Waals surface area contributed by atoms with Crippen molar-refractivity contribution in [2.75, 3.05) is 13.1 Å². The SMILES string of the molecule is Cc1ccn2ncc(C(=O)N(Cc3ccccn3)C3CCCNCC3)c2n1. The summed E-state index contributed by atoms with van der Waals surface area (Å²) in [5.74, 6) is -0.0272. The number of amides is 1. The molecule has 1 fully saturated rings. The maximum Gasteiger partial charge on any atom is 0.259 e. The molecule has 0 spiro atoms. The van der Waals surface area contributed by atoms with Crippen molar-refractivity contribution in [3.63, 3.8) is 0 Å². The second-order valence-electron chi connectivity index (χ2n) is 6.98. The lowest BCUT2D eigenvalue weighted by Crippen LogP contribution is -2.40. The number of fused-ring (bicyclic) bond motifs is 1. The fraction of sp³-hybridized carbons (Fsp3) is 0.400. The van der Waals surface area contributed by atoms with Crippen LogP contribution in [0, 0.1) is 6.92 Å². The average Bonchev–Trinajstić information content (AvgIpc) is 2.91. The van der Waals surface area contributed by atoms with Crippen molar-refractivity contribution in [1.82, 2.24) is 29.8 Å². The van der Waals surface area contributed by atoms with Gasteiger partial charge in [0.1, 0.15) is 5.56 Å². The normalized spacial score (nSPS) is 17.6. The van der Waals surface area contributed by atoms with Crippen LogP contribution in [0.15, 0.2) is 42.9 Å². The number of rotatable bonds is 4. The summed E-state index contributed by atoms with van der Waals surface area (Å²) in [6.45, 7) is 4.33. The third-order valence-corrected chi connectivity index (χ3v) is 5.04. The van der Waals surface area contributed by atoms with Crippen LogP contribution in [0.4, 0.5) is 0 Å². The summed E-state index contributed by atoms with van der Waals surface area (Å²) in [7, 11) is 0. The van der Waals surface area contributed by atoms with Gasteiger partial charge in [-0.05, 0) is 57.5 Å². The zero-order valence-electron chi connectivity index (χ0n) is 15.5. The van der Waals surface area contributed by atoms with Gasteiger partial charge in [0.15, 0.2) is 5.65 Å². The number of nitrogens with one attached hydrogen (secondary N) is 1. The molecule has 4 rings (SSSR count). The van der Waals surface area contributed by atoms with Crippen molar-refractivity contribution < 1.29 is 4.79 Å². The van der Waals surface area contributed by atoms with Crippen LogP contribution < -0.4 is 5.32 Å². The molecule has 3 aromatic heterocycles. The number of hydrogen-bond acceptors (Lipinski definition) is 5. The molecule has 4 heterocycles. The summed E-state index contributed by atoms with van der Waals surface area (Å²) in [5, 5.41) is 7.74. The van der Waals surface area contributed by atoms with Gasteiger partial charge in [0.05, 0.1) is 18.4 Å². The van der Waals surface area contributed by atoms with Gasteiger partial charge in [0.25, 0.3) is 5.91 Å². The number of aromatic nitrogens is 4. The molecule has 7 nitrogen and oxygen atoms in total. The van der Waals surface area contributed by atoms with Gasteiger partial charge in [-0.1, -0.05) is 6.07 Å². The second-order valence-corrected chi connectivity index (χ2v) is 6.98. The Balaban J connectivity index is 1.69. The highest BCUT2D eigenvalue weighted by molar-refractivity contribution is 5.99. The largest absolute Gasteiger partial charge is 0.330 e. The molecule has 1 amide bonds. The maximum absolute atomic E-state index is 13.5. The number of carbonyl (C=O) groups excluding carboxylic acids is 1. The number of pyridine rings is 1. The summed E-state index contributed by atoms with van der Waals surface area (Å²) in [5.41, 5.74) is 2.92. The molecule has 0 aliphatic carbocycles. The number of aryl methyl sites for hydroxylation is 1. The molecule has 1 aliphatic rings. The van der Waals surface area contributed by atoms with E-state index in [-0.39, 0.29) is 11.9 Å². The van der Waals surface area contributed by atoms with Crippen LogP contribution in [0.25, 0.3) is 5.65 Å². The third-order valence-electron chi connectivity index (χ3n) is 5.04. The maximum atomic E-state index is 13.5. The standard InChI is InChI=1S/C20H24N6O/c1-15-8-12-26-19(24-15)18(13-23-26)20(27)25(14-16-5-2-3-10-22-16)17-6-4-9-21-11-7-17/h2-3,5,8,10,12-13,17,21H,4,6-7,9,11,14H2,1H3. The van der Waals surface area contributed by atoms with E-state index in [1.54, 1.807) is 16.9 Å². The van der Waals surface area contributed by atoms with Crippen LogP contribution in [-0.4, -0.2) is 49.5 Å². The Bertz CT molecular complexity index is 915. The minimum atomic E-state index is -0.0272. The molecular formula is C20H24N6O. The van der Waals surface area contributed by atoms with E-state index in [2.05, 4.69) is 20.4 Å². The Hall–Kier alpha value is -2.80. The van der Waals surface area contributed by atoms with E-state index >= 15 is 0 Å². The van der Waals surface area contributed by atoms with E-state index in [4.69, 9.17) is 0 Å². The van der Waals surface area contributed by atoms with Crippen molar-refractivity contribution in [2.45, 2.75) is 38.8 Å². The van der Waals surface area contributed by atoms with Crippen molar-refractivity contribution in [2.24, 2.45) is 0 Å². The van der Waals surface area contributed by atoms with Crippen LogP contribution in [0.2, 0.25) is 0 Å². The molecule has 7 heteroatoms. The van der Waals surface area contributed by atoms with Gasteiger partial charge in [0.2, 0.25) is 0 Å². The smallest absolute Gasteiger partial charge is 0.259 e. The fourth-order valence-corrected chi connectivity index (χ4v) is 3.61. The minimum absolute atomic E-state index is 0.0272. The van der Waals surface area contributed by atoms with E-state index in [9.17, 15) is 4.79 Å². The van der Waals surface area contributed by atoms with Crippen LogP contribution in [0.5, 0.6) is 0 Å². The van der Waals surface area contributed by atoms with Gasteiger partial charge in [-0.25, -0.2) is 9.50 Å². The average molecular weight is 364 g/mol. The minimum Gasteiger partial charge on any atom is -0.330 e. The first-order chi connectivity index (χ1) is 13.2. The van der Waals surface area contributed by atoms with Crippen LogP contribution >= 0.6 is 0 Å². The lowest BCUT2D eigenvalue weighted by Gasteiger charge is -2.30. The van der Waals surface area contributed by atoms with Crippen molar-refractivity contribution in [1.29, 1.82) is 0 Å². The van der Waals surface area contributed by atoms with Gasteiger partial charge in [0, 0.05) is 24.1 Å². The van der Waals surface area contributed by atoms with Gasteiger partial charge in [-0.3, -0.25) is 9.78 Å². The van der Waals surface area contributed by atoms with Gasteiger partial charge < -0.3 is 10.2 Å². The van der Waals surface area contributed by atoms with E-state index in [0.29, 0.717) is 17.8 Å². The Morgan fingerprint density at radius 3 is 3.07 bits per heavy atom. The third kappa shape index (κ3) is 3.83. The van der Waals surface area contributed by atoms with Gasteiger partial charge in [-0.15, -0.1) is 0 Å². The van der Waals surface area contributed by atoms with E-state index in [1.807, 2.05) is 42.3 Å². The van der Waals surface area contributed by atoms with Crippen LogP contribution in [-0.2, 0) is 6.54 Å². The van der Waals surface area contributed by atoms with Crippen molar-refractivity contribution in [3.05, 3.63) is 59.8 Å². The highest BCUT2D eigenvalue weighted by atomic mass is 16.2. The Kier molecular flexibility index (Phi) is 5.11. The molecule has 1 atom stereocenters. The molecule has 1 saturated heterocycles. The first-order valence-corrected chi connectivity index (χ1v) is 9.45. The molecule has 0 saturated carbocycles. The zero-order valence-corrected chi connectivity index (χ0v) is 15.5. The summed E-state index contributed by atoms with van der Waals surface area (Å²) < 4.78 is 1.66. The quantitative estimate of drug-likeness (QED) is 0.768. The number of hydrogen-bond donors (Lipinski definition) is 1. The monoisotopic (exact) mass is 364 g/mol. The molecular weight excluding hydrogens is 340 g/mol. The topological polar surface area (TPSA) is 75.4 Å². The number of carbonyl (C=O) groups is 1. The fourth-order valence-electron chi connectivity index (χ4n) is 3.61. The molecule has 1 aliphatic heterocycles. The van der Waals surface area contributed by atoms with E-state index in [0.717, 1.165) is 43.7 Å². The molecule has 0 radical (unpaired) electrons.